The van der Waals surface area contributed by atoms with Crippen LogP contribution in [0.25, 0.3) is 0 Å². The average Bonchev–Trinajstić information content (AvgIpc) is 2.81. The number of nitrogens with two attached hydrogens (primary N) is 1. The molecule has 0 saturated carbocycles. The minimum atomic E-state index is -3.54. The Morgan fingerprint density at radius 2 is 2.11 bits per heavy atom. The van der Waals surface area contributed by atoms with Crippen molar-refractivity contribution in [2.45, 2.75) is 25.0 Å². The van der Waals surface area contributed by atoms with Crippen LogP contribution in [0.4, 0.5) is 0 Å². The maximum absolute atomic E-state index is 12.1. The van der Waals surface area contributed by atoms with E-state index in [4.69, 9.17) is 5.14 Å². The van der Waals surface area contributed by atoms with Crippen LogP contribution in [0, 0.1) is 6.92 Å². The smallest absolute Gasteiger partial charge is 0.227 e. The monoisotopic (exact) mass is 282 g/mol. The van der Waals surface area contributed by atoms with Crippen molar-refractivity contribution in [1.82, 2.24) is 4.90 Å². The Balaban J connectivity index is 2.01. The molecule has 2 N–H and O–H groups in total. The van der Waals surface area contributed by atoms with Crippen molar-refractivity contribution in [2.75, 3.05) is 13.1 Å². The Morgan fingerprint density at radius 3 is 2.68 bits per heavy atom. The number of likely N-dealkylation sites (tertiary alicyclic amines) is 1. The third-order valence-electron chi connectivity index (χ3n) is 3.57. The molecule has 0 unspecified atom stereocenters. The van der Waals surface area contributed by atoms with Crippen molar-refractivity contribution < 1.29 is 13.2 Å². The molecule has 104 valence electrons. The van der Waals surface area contributed by atoms with Crippen LogP contribution in [-0.2, 0) is 21.2 Å². The molecule has 0 spiro atoms. The normalized spacial score (nSPS) is 19.7. The standard InChI is InChI=1S/C13H18N2O3S/c1-10-4-2-3-5-11(10)8-13(16)15-7-6-12(9-15)19(14,17)18/h2-5,12H,6-9H2,1H3,(H2,14,17,18)/t12-/m1/s1. The summed E-state index contributed by atoms with van der Waals surface area (Å²) in [6.07, 6.45) is 0.738. The summed E-state index contributed by atoms with van der Waals surface area (Å²) in [7, 11) is -3.54. The van der Waals surface area contributed by atoms with E-state index in [1.54, 1.807) is 4.90 Å². The van der Waals surface area contributed by atoms with Crippen LogP contribution in [0.1, 0.15) is 17.5 Å². The molecule has 1 fully saturated rings. The average molecular weight is 282 g/mol. The summed E-state index contributed by atoms with van der Waals surface area (Å²) >= 11 is 0. The van der Waals surface area contributed by atoms with Gasteiger partial charge in [-0.05, 0) is 24.5 Å². The molecule has 1 aliphatic rings. The van der Waals surface area contributed by atoms with E-state index >= 15 is 0 Å². The molecule has 1 atom stereocenters. The highest BCUT2D eigenvalue weighted by Crippen LogP contribution is 2.17. The molecule has 19 heavy (non-hydrogen) atoms. The third kappa shape index (κ3) is 3.33. The number of amides is 1. The van der Waals surface area contributed by atoms with Gasteiger partial charge in [-0.2, -0.15) is 0 Å². The zero-order valence-electron chi connectivity index (χ0n) is 10.9. The molecule has 5 nitrogen and oxygen atoms in total. The molecule has 1 aromatic carbocycles. The fourth-order valence-corrected chi connectivity index (χ4v) is 3.13. The van der Waals surface area contributed by atoms with Crippen molar-refractivity contribution in [3.05, 3.63) is 35.4 Å². The van der Waals surface area contributed by atoms with Gasteiger partial charge in [0.15, 0.2) is 0 Å². The van der Waals surface area contributed by atoms with Crippen LogP contribution in [0.2, 0.25) is 0 Å². The van der Waals surface area contributed by atoms with Gasteiger partial charge in [0.05, 0.1) is 11.7 Å². The first-order valence-corrected chi connectivity index (χ1v) is 7.83. The number of carbonyl (C=O) groups excluding carboxylic acids is 1. The van der Waals surface area contributed by atoms with Crippen molar-refractivity contribution in [3.63, 3.8) is 0 Å². The molecule has 0 bridgehead atoms. The summed E-state index contributed by atoms with van der Waals surface area (Å²) in [5.74, 6) is -0.0412. The van der Waals surface area contributed by atoms with Gasteiger partial charge in [0.1, 0.15) is 0 Å². The van der Waals surface area contributed by atoms with E-state index in [2.05, 4.69) is 0 Å². The van der Waals surface area contributed by atoms with Gasteiger partial charge >= 0.3 is 0 Å². The SMILES string of the molecule is Cc1ccccc1CC(=O)N1CC[C@@H](S(N)(=O)=O)C1. The Kier molecular flexibility index (Phi) is 3.91. The van der Waals surface area contributed by atoms with Gasteiger partial charge in [-0.15, -0.1) is 0 Å². The molecular weight excluding hydrogens is 264 g/mol. The molecule has 1 heterocycles. The molecule has 1 saturated heterocycles. The minimum absolute atomic E-state index is 0.0412. The maximum Gasteiger partial charge on any atom is 0.227 e. The largest absolute Gasteiger partial charge is 0.341 e. The maximum atomic E-state index is 12.1. The predicted octanol–water partition coefficient (Wildman–Crippen LogP) is 0.427. The van der Waals surface area contributed by atoms with Crippen LogP contribution in [0.15, 0.2) is 24.3 Å². The molecule has 2 rings (SSSR count). The first-order valence-electron chi connectivity index (χ1n) is 6.22. The van der Waals surface area contributed by atoms with Gasteiger partial charge in [0.25, 0.3) is 0 Å². The fourth-order valence-electron chi connectivity index (χ4n) is 2.31. The lowest BCUT2D eigenvalue weighted by molar-refractivity contribution is -0.129. The molecule has 1 aromatic rings. The second-order valence-corrected chi connectivity index (χ2v) is 6.79. The Hall–Kier alpha value is -1.40. The molecule has 0 aliphatic carbocycles. The van der Waals surface area contributed by atoms with E-state index in [-0.39, 0.29) is 12.5 Å². The Morgan fingerprint density at radius 1 is 1.42 bits per heavy atom. The number of hydrogen-bond donors (Lipinski definition) is 1. The van der Waals surface area contributed by atoms with E-state index in [0.717, 1.165) is 11.1 Å². The van der Waals surface area contributed by atoms with Gasteiger partial charge in [0.2, 0.25) is 15.9 Å². The number of primary sulfonamides is 1. The first-order chi connectivity index (χ1) is 8.88. The fraction of sp³-hybridized carbons (Fsp3) is 0.462. The van der Waals surface area contributed by atoms with Gasteiger partial charge in [0, 0.05) is 13.1 Å². The highest BCUT2D eigenvalue weighted by Gasteiger charge is 2.32. The first kappa shape index (κ1) is 14.0. The van der Waals surface area contributed by atoms with Gasteiger partial charge in [-0.3, -0.25) is 4.79 Å². The second kappa shape index (κ2) is 5.30. The summed E-state index contributed by atoms with van der Waals surface area (Å²) in [6.45, 7) is 2.63. The molecule has 6 heteroatoms. The van der Waals surface area contributed by atoms with E-state index in [1.165, 1.54) is 0 Å². The summed E-state index contributed by atoms with van der Waals surface area (Å²) in [5, 5.41) is 4.50. The molecule has 1 amide bonds. The number of sulfonamides is 1. The lowest BCUT2D eigenvalue weighted by Gasteiger charge is -2.16. The number of carbonyl (C=O) groups is 1. The zero-order valence-corrected chi connectivity index (χ0v) is 11.7. The van der Waals surface area contributed by atoms with Gasteiger partial charge in [-0.25, -0.2) is 13.6 Å². The van der Waals surface area contributed by atoms with Crippen molar-refractivity contribution in [3.8, 4) is 0 Å². The van der Waals surface area contributed by atoms with Crippen LogP contribution < -0.4 is 5.14 Å². The van der Waals surface area contributed by atoms with Crippen molar-refractivity contribution >= 4 is 15.9 Å². The Bertz CT molecular complexity index is 583. The topological polar surface area (TPSA) is 80.5 Å². The van der Waals surface area contributed by atoms with E-state index in [1.807, 2.05) is 31.2 Å². The van der Waals surface area contributed by atoms with E-state index in [9.17, 15) is 13.2 Å². The number of nitrogens with zero attached hydrogens (tertiary/aromatic N) is 1. The van der Waals surface area contributed by atoms with Crippen molar-refractivity contribution in [1.29, 1.82) is 0 Å². The number of aryl methyl sites for hydroxylation is 1. The van der Waals surface area contributed by atoms with Gasteiger partial charge in [-0.1, -0.05) is 24.3 Å². The summed E-state index contributed by atoms with van der Waals surface area (Å²) < 4.78 is 22.5. The number of rotatable bonds is 3. The van der Waals surface area contributed by atoms with Crippen LogP contribution in [-0.4, -0.2) is 37.6 Å². The summed E-state index contributed by atoms with van der Waals surface area (Å²) in [6, 6.07) is 7.70. The van der Waals surface area contributed by atoms with E-state index in [0.29, 0.717) is 19.4 Å². The third-order valence-corrected chi connectivity index (χ3v) is 4.88. The summed E-state index contributed by atoms with van der Waals surface area (Å²) in [4.78, 5) is 13.7. The Labute approximate surface area is 113 Å². The molecular formula is C13H18N2O3S. The highest BCUT2D eigenvalue weighted by atomic mass is 32.2. The molecule has 1 aliphatic heterocycles. The van der Waals surface area contributed by atoms with Gasteiger partial charge < -0.3 is 4.90 Å². The highest BCUT2D eigenvalue weighted by molar-refractivity contribution is 7.89. The van der Waals surface area contributed by atoms with Crippen LogP contribution in [0.5, 0.6) is 0 Å². The lowest BCUT2D eigenvalue weighted by atomic mass is 10.1. The van der Waals surface area contributed by atoms with E-state index < -0.39 is 15.3 Å². The minimum Gasteiger partial charge on any atom is -0.341 e. The lowest BCUT2D eigenvalue weighted by Crippen LogP contribution is -2.35. The van der Waals surface area contributed by atoms with Crippen LogP contribution >= 0.6 is 0 Å². The zero-order chi connectivity index (χ0) is 14.0. The summed E-state index contributed by atoms with van der Waals surface area (Å²) in [5.41, 5.74) is 2.05. The number of hydrogen-bond acceptors (Lipinski definition) is 3. The molecule has 0 aromatic heterocycles. The second-order valence-electron chi connectivity index (χ2n) is 4.94. The quantitative estimate of drug-likeness (QED) is 0.873. The van der Waals surface area contributed by atoms with Crippen molar-refractivity contribution in [2.24, 2.45) is 5.14 Å². The predicted molar refractivity (Wildman–Crippen MR) is 73.0 cm³/mol. The number of benzene rings is 1. The van der Waals surface area contributed by atoms with Crippen LogP contribution in [0.3, 0.4) is 0 Å². The molecule has 0 radical (unpaired) electrons.